The first kappa shape index (κ1) is 224. The van der Waals surface area contributed by atoms with Gasteiger partial charge >= 0.3 is 0 Å². The molecule has 0 fully saturated rings. The summed E-state index contributed by atoms with van der Waals surface area (Å²) in [5.74, 6) is 0. The van der Waals surface area contributed by atoms with E-state index in [2.05, 4.69) is 214 Å². The summed E-state index contributed by atoms with van der Waals surface area (Å²) in [4.78, 5) is 7.97. The Kier molecular flexibility index (Phi) is 677. The molecule has 136 heavy (non-hydrogen) atoms. The SMILES string of the molecule is CC.CC.CC.CC.CC.CC.CC.CC.CC.CC.CC.CC.CC.CC.CC.CC.CC.CC.CC.CC.CC.CC.CC.CC.CC.CCC.CCC.CCC.CCC.CCC.CCC.CCC.CCC.CCC.Cn1cccc1.Cn1cccn1.c1ccc2ccccc2c1.c1ccc2ncccc2c1.c1ccccc1.c1ccncc1.c1ccoc1.c1ccsc1.c1cnoc1. The van der Waals surface area contributed by atoms with Gasteiger partial charge in [0, 0.05) is 62.9 Å². The standard InChI is InChI=1S/C10H8.C9H7N.C6H6.C5H7N.C5H5N.C4H6N2.C4H4O.C4H4S.C3H3NO.9C3H8.25C2H6/c1-2-6-10-8-4-3-7-9(10)5-1;1-2-6-9-8(4-1)5-3-7-10-9;1-2-4-6-5-3-1;1-6-4-2-3-5-6;1-2-4-6-5-3-1;1-6-4-2-3-5-6;3*1-2-4-5-3-1;9*1-3-2;25*1-2/h1-8H;1-7H;1-6H;2-5H,1H3;1-5H;2-4H,1H3;2*1-4H;1-3H;9*3H2,1-2H3;25*1-2H3. The molecule has 0 saturated carbocycles. The number of rotatable bonds is 0. The third-order valence-corrected chi connectivity index (χ3v) is 7.62. The molecule has 0 radical (unpaired) electrons. The number of thiophene rings is 1. The van der Waals surface area contributed by atoms with Gasteiger partial charge in [0.25, 0.3) is 0 Å². The molecule has 0 amide bonds. The Bertz CT molecular complexity index is 2120. The Morgan fingerprint density at radius 2 is 0.449 bits per heavy atom. The molecule has 8 nitrogen and oxygen atoms in total. The zero-order chi connectivity index (χ0) is 116. The van der Waals surface area contributed by atoms with Crippen LogP contribution in [-0.4, -0.2) is 29.5 Å². The van der Waals surface area contributed by atoms with Gasteiger partial charge in [0.2, 0.25) is 0 Å². The molecular weight excluding hydrogens is 1670 g/mol. The predicted octanol–water partition coefficient (Wildman–Crippen LogP) is 51.4. The van der Waals surface area contributed by atoms with Crippen LogP contribution in [0, 0.1) is 0 Å². The second-order valence-corrected chi connectivity index (χ2v) is 18.7. The maximum absolute atomic E-state index is 4.58. The molecule has 11 aromatic rings. The van der Waals surface area contributed by atoms with Gasteiger partial charge in [-0.05, 0) is 82.2 Å². The van der Waals surface area contributed by atoms with Crippen molar-refractivity contribution < 1.29 is 8.94 Å². The molecule has 0 N–H and O–H groups in total. The summed E-state index contributed by atoms with van der Waals surface area (Å²) in [5, 5.41) is 15.1. The van der Waals surface area contributed by atoms with Crippen LogP contribution >= 0.6 is 11.3 Å². The fraction of sp³-hybridized carbons (Fsp3) is 0.622. The van der Waals surface area contributed by atoms with Gasteiger partial charge in [0.05, 0.1) is 24.2 Å². The molecule has 0 aliphatic carbocycles. The van der Waals surface area contributed by atoms with Crippen LogP contribution < -0.4 is 0 Å². The summed E-state index contributed by atoms with van der Waals surface area (Å²) in [6.45, 7) is 138. The van der Waals surface area contributed by atoms with Crippen molar-refractivity contribution in [1.29, 1.82) is 0 Å². The van der Waals surface area contributed by atoms with E-state index >= 15 is 0 Å². The minimum atomic E-state index is 1.06. The van der Waals surface area contributed by atoms with Crippen LogP contribution in [0.1, 0.15) is 529 Å². The maximum Gasteiger partial charge on any atom is 0.123 e. The highest BCUT2D eigenvalue weighted by Crippen LogP contribution is 2.11. The number of aryl methyl sites for hydroxylation is 2. The van der Waals surface area contributed by atoms with Crippen molar-refractivity contribution in [2.45, 2.75) is 529 Å². The average Bonchev–Trinajstić information content (AvgIpc) is 1.65. The minimum Gasteiger partial charge on any atom is -0.473 e. The van der Waals surface area contributed by atoms with E-state index in [-0.39, 0.29) is 0 Å². The molecule has 0 spiro atoms. The van der Waals surface area contributed by atoms with Gasteiger partial charge in [0.15, 0.2) is 0 Å². The van der Waals surface area contributed by atoms with Crippen molar-refractivity contribution in [2.75, 3.05) is 0 Å². The summed E-state index contributed by atoms with van der Waals surface area (Å²) in [5.41, 5.74) is 1.06. The zero-order valence-corrected chi connectivity index (χ0v) is 108. The predicted molar refractivity (Wildman–Crippen MR) is 672 cm³/mol. The van der Waals surface area contributed by atoms with Crippen LogP contribution in [0.25, 0.3) is 21.7 Å². The van der Waals surface area contributed by atoms with E-state index in [1.165, 1.54) is 80.2 Å². The Balaban J connectivity index is -0.0000000276. The molecule has 0 bridgehead atoms. The van der Waals surface area contributed by atoms with Gasteiger partial charge in [-0.3, -0.25) is 14.6 Å². The molecule has 7 aromatic heterocycles. The Morgan fingerprint density at radius 3 is 0.581 bits per heavy atom. The second-order valence-electron chi connectivity index (χ2n) is 17.9. The summed E-state index contributed by atoms with van der Waals surface area (Å²) in [6, 6.07) is 61.8. The van der Waals surface area contributed by atoms with E-state index in [1.807, 2.05) is 522 Å². The highest BCUT2D eigenvalue weighted by atomic mass is 32.1. The fourth-order valence-corrected chi connectivity index (χ4v) is 4.70. The van der Waals surface area contributed by atoms with Crippen LogP contribution in [0.4, 0.5) is 0 Å². The first-order valence-electron chi connectivity index (χ1n) is 56.3. The molecule has 828 valence electrons. The quantitative estimate of drug-likeness (QED) is 0.150. The molecule has 0 aliphatic rings. The summed E-state index contributed by atoms with van der Waals surface area (Å²) in [7, 11) is 3.89. The molecule has 7 heterocycles. The summed E-state index contributed by atoms with van der Waals surface area (Å²) >= 11 is 1.71. The van der Waals surface area contributed by atoms with Gasteiger partial charge in [-0.15, -0.1) is 0 Å². The van der Waals surface area contributed by atoms with E-state index in [4.69, 9.17) is 0 Å². The highest BCUT2D eigenvalue weighted by Gasteiger charge is 1.87. The van der Waals surface area contributed by atoms with Gasteiger partial charge < -0.3 is 13.5 Å². The van der Waals surface area contributed by atoms with Crippen molar-refractivity contribution >= 4 is 33.0 Å². The Hall–Kier alpha value is -7.62. The number of furan rings is 1. The van der Waals surface area contributed by atoms with Gasteiger partial charge in [0.1, 0.15) is 6.26 Å². The Labute approximate surface area is 875 Å². The number of fused-ring (bicyclic) bond motifs is 2. The molecule has 9 heteroatoms. The monoisotopic (exact) mass is 1950 g/mol. The fourth-order valence-electron chi connectivity index (χ4n) is 4.24. The third-order valence-electron chi connectivity index (χ3n) is 6.99. The number of hydrogen-bond acceptors (Lipinski definition) is 7. The van der Waals surface area contributed by atoms with E-state index in [1.54, 1.807) is 59.4 Å². The van der Waals surface area contributed by atoms with E-state index in [0.717, 1.165) is 5.52 Å². The van der Waals surface area contributed by atoms with Crippen LogP contribution in [0.3, 0.4) is 0 Å². The third kappa shape index (κ3) is 413. The van der Waals surface area contributed by atoms with E-state index in [0.29, 0.717) is 0 Å². The molecule has 11 rings (SSSR count). The largest absolute Gasteiger partial charge is 0.473 e. The van der Waals surface area contributed by atoms with Crippen molar-refractivity contribution in [3.8, 4) is 0 Å². The molecule has 0 saturated heterocycles. The molecule has 0 atom stereocenters. The normalized spacial score (nSPS) is 6.13. The first-order valence-corrected chi connectivity index (χ1v) is 57.3. The van der Waals surface area contributed by atoms with E-state index < -0.39 is 0 Å². The first-order chi connectivity index (χ1) is 66.9. The highest BCUT2D eigenvalue weighted by molar-refractivity contribution is 7.07. The smallest absolute Gasteiger partial charge is 0.123 e. The Morgan fingerprint density at radius 1 is 0.213 bits per heavy atom. The summed E-state index contributed by atoms with van der Waals surface area (Å²) in [6.07, 6.45) is 30.5. The zero-order valence-electron chi connectivity index (χ0n) is 108. The van der Waals surface area contributed by atoms with Crippen LogP contribution in [0.5, 0.6) is 0 Å². The molecule has 4 aromatic carbocycles. The molecule has 0 aliphatic heterocycles. The molecular formula is C127H272N6O2S. The maximum atomic E-state index is 4.58. The van der Waals surface area contributed by atoms with Crippen molar-refractivity contribution in [1.82, 2.24) is 29.5 Å². The number of pyridine rings is 2. The van der Waals surface area contributed by atoms with Crippen LogP contribution in [0.2, 0.25) is 0 Å². The van der Waals surface area contributed by atoms with Gasteiger partial charge in [-0.2, -0.15) is 16.4 Å². The van der Waals surface area contributed by atoms with Gasteiger partial charge in [-0.1, -0.05) is 661 Å². The van der Waals surface area contributed by atoms with Crippen LogP contribution in [-0.2, 0) is 14.1 Å². The lowest BCUT2D eigenvalue weighted by molar-refractivity contribution is 0.420. The number of aromatic nitrogens is 6. The number of hydrogen-bond donors (Lipinski definition) is 0. The van der Waals surface area contributed by atoms with E-state index in [9.17, 15) is 0 Å². The summed E-state index contributed by atoms with van der Waals surface area (Å²) < 4.78 is 12.7. The van der Waals surface area contributed by atoms with Crippen LogP contribution in [0.15, 0.2) is 276 Å². The van der Waals surface area contributed by atoms with Crippen molar-refractivity contribution in [3.05, 3.63) is 267 Å². The average molecular weight is 1950 g/mol. The van der Waals surface area contributed by atoms with Crippen molar-refractivity contribution in [3.63, 3.8) is 0 Å². The van der Waals surface area contributed by atoms with Gasteiger partial charge in [-0.25, -0.2) is 0 Å². The molecule has 0 unspecified atom stereocenters. The lowest BCUT2D eigenvalue weighted by atomic mass is 10.1. The minimum absolute atomic E-state index is 1.06. The topological polar surface area (TPSA) is 87.7 Å². The lowest BCUT2D eigenvalue weighted by Crippen LogP contribution is -1.83. The number of nitrogens with zero attached hydrogens (tertiary/aromatic N) is 6. The van der Waals surface area contributed by atoms with Crippen molar-refractivity contribution in [2.24, 2.45) is 14.1 Å². The number of para-hydroxylation sites is 1. The number of benzene rings is 4. The second kappa shape index (κ2) is 411. The lowest BCUT2D eigenvalue weighted by Gasteiger charge is -1.92.